The van der Waals surface area contributed by atoms with Crippen LogP contribution < -0.4 is 5.32 Å². The van der Waals surface area contributed by atoms with E-state index in [1.165, 1.54) is 25.3 Å². The molecule has 0 aliphatic carbocycles. The molecular formula is C13H14ClNO5. The van der Waals surface area contributed by atoms with Crippen molar-refractivity contribution in [3.8, 4) is 5.75 Å². The normalized spacial score (nSPS) is 9.90. The number of amides is 2. The summed E-state index contributed by atoms with van der Waals surface area (Å²) in [5.41, 5.74) is 0.561. The molecule has 6 nitrogen and oxygen atoms in total. The molecule has 0 aliphatic rings. The first kappa shape index (κ1) is 16.0. The second-order valence-electron chi connectivity index (χ2n) is 4.01. The van der Waals surface area contributed by atoms with Crippen molar-refractivity contribution < 1.29 is 24.2 Å². The van der Waals surface area contributed by atoms with Crippen LogP contribution in [0.2, 0.25) is 5.02 Å². The van der Waals surface area contributed by atoms with Crippen molar-refractivity contribution in [3.63, 3.8) is 0 Å². The average molecular weight is 300 g/mol. The molecule has 0 aliphatic heterocycles. The molecular weight excluding hydrogens is 286 g/mol. The van der Waals surface area contributed by atoms with Gasteiger partial charge in [-0.25, -0.2) is 0 Å². The van der Waals surface area contributed by atoms with E-state index in [0.717, 1.165) is 0 Å². The third-order valence-electron chi connectivity index (χ3n) is 2.44. The molecule has 0 spiro atoms. The van der Waals surface area contributed by atoms with Crippen molar-refractivity contribution in [2.24, 2.45) is 0 Å². The van der Waals surface area contributed by atoms with E-state index in [4.69, 9.17) is 11.6 Å². The number of aromatic hydroxyl groups is 1. The minimum Gasteiger partial charge on any atom is -0.506 e. The van der Waals surface area contributed by atoms with Crippen LogP contribution in [0.5, 0.6) is 5.75 Å². The molecule has 0 bridgehead atoms. The minimum absolute atomic E-state index is 0.0516. The highest BCUT2D eigenvalue weighted by atomic mass is 35.5. The van der Waals surface area contributed by atoms with Crippen molar-refractivity contribution in [1.29, 1.82) is 0 Å². The van der Waals surface area contributed by atoms with Crippen molar-refractivity contribution in [3.05, 3.63) is 28.8 Å². The number of nitrogens with one attached hydrogen (secondary N) is 1. The monoisotopic (exact) mass is 299 g/mol. The van der Waals surface area contributed by atoms with Crippen LogP contribution >= 0.6 is 11.6 Å². The summed E-state index contributed by atoms with van der Waals surface area (Å²) in [7, 11) is 1.22. The van der Waals surface area contributed by atoms with Gasteiger partial charge in [0.15, 0.2) is 0 Å². The molecule has 1 rings (SSSR count). The van der Waals surface area contributed by atoms with Gasteiger partial charge in [-0.1, -0.05) is 17.7 Å². The van der Waals surface area contributed by atoms with Gasteiger partial charge in [-0.2, -0.15) is 0 Å². The number of hydrogen-bond acceptors (Lipinski definition) is 5. The smallest absolute Gasteiger partial charge is 0.306 e. The molecule has 0 atom stereocenters. The number of carbonyl (C=O) groups is 3. The highest BCUT2D eigenvalue weighted by molar-refractivity contribution is 6.32. The summed E-state index contributed by atoms with van der Waals surface area (Å²) < 4.78 is 4.38. The predicted octanol–water partition coefficient (Wildman–Crippen LogP) is 1.18. The first-order valence-corrected chi connectivity index (χ1v) is 6.17. The van der Waals surface area contributed by atoms with Crippen molar-refractivity contribution in [2.75, 3.05) is 7.11 Å². The Morgan fingerprint density at radius 3 is 2.55 bits per heavy atom. The number of halogens is 1. The Morgan fingerprint density at radius 2 is 1.95 bits per heavy atom. The number of methoxy groups -OCH3 is 1. The Balaban J connectivity index is 2.45. The summed E-state index contributed by atoms with van der Waals surface area (Å²) in [6.45, 7) is 0. The van der Waals surface area contributed by atoms with E-state index in [2.05, 4.69) is 10.1 Å². The molecule has 0 unspecified atom stereocenters. The van der Waals surface area contributed by atoms with E-state index in [1.54, 1.807) is 0 Å². The maximum atomic E-state index is 11.6. The zero-order valence-corrected chi connectivity index (χ0v) is 11.6. The lowest BCUT2D eigenvalue weighted by Crippen LogP contribution is -2.31. The molecule has 0 heterocycles. The van der Waals surface area contributed by atoms with Gasteiger partial charge in [-0.3, -0.25) is 19.7 Å². The second kappa shape index (κ2) is 7.49. The van der Waals surface area contributed by atoms with Crippen LogP contribution in [0.15, 0.2) is 18.2 Å². The molecule has 0 aromatic heterocycles. The van der Waals surface area contributed by atoms with E-state index < -0.39 is 17.8 Å². The molecule has 2 amide bonds. The largest absolute Gasteiger partial charge is 0.506 e. The number of imide groups is 1. The molecule has 7 heteroatoms. The van der Waals surface area contributed by atoms with Crippen molar-refractivity contribution >= 4 is 29.4 Å². The van der Waals surface area contributed by atoms with Gasteiger partial charge in [-0.05, 0) is 17.7 Å². The number of ether oxygens (including phenoxy) is 1. The fourth-order valence-electron chi connectivity index (χ4n) is 1.43. The molecule has 1 aromatic carbocycles. The van der Waals surface area contributed by atoms with E-state index in [9.17, 15) is 19.5 Å². The maximum Gasteiger partial charge on any atom is 0.306 e. The Bertz CT molecular complexity index is 529. The zero-order valence-electron chi connectivity index (χ0n) is 10.8. The summed E-state index contributed by atoms with van der Waals surface area (Å²) in [4.78, 5) is 33.8. The SMILES string of the molecule is COC(=O)CCC(=O)NC(=O)Cc1ccc(O)c(Cl)c1. The summed E-state index contributed by atoms with van der Waals surface area (Å²) in [6.07, 6.45) is -0.251. The Hall–Kier alpha value is -2.08. The van der Waals surface area contributed by atoms with E-state index >= 15 is 0 Å². The van der Waals surface area contributed by atoms with Gasteiger partial charge in [0.1, 0.15) is 5.75 Å². The van der Waals surface area contributed by atoms with Gasteiger partial charge in [0.05, 0.1) is 25.0 Å². The lowest BCUT2D eigenvalue weighted by atomic mass is 10.1. The molecule has 0 fully saturated rings. The van der Waals surface area contributed by atoms with Crippen LogP contribution in [0, 0.1) is 0 Å². The Morgan fingerprint density at radius 1 is 1.25 bits per heavy atom. The second-order valence-corrected chi connectivity index (χ2v) is 4.42. The van der Waals surface area contributed by atoms with E-state index in [0.29, 0.717) is 5.56 Å². The van der Waals surface area contributed by atoms with Gasteiger partial charge in [0.25, 0.3) is 0 Å². The van der Waals surface area contributed by atoms with E-state index in [-0.39, 0.29) is 30.0 Å². The fraction of sp³-hybridized carbons (Fsp3) is 0.308. The van der Waals surface area contributed by atoms with Crippen molar-refractivity contribution in [1.82, 2.24) is 5.32 Å². The Labute approximate surface area is 120 Å². The lowest BCUT2D eigenvalue weighted by molar-refractivity contribution is -0.142. The highest BCUT2D eigenvalue weighted by Crippen LogP contribution is 2.23. The van der Waals surface area contributed by atoms with Gasteiger partial charge in [0.2, 0.25) is 11.8 Å². The van der Waals surface area contributed by atoms with Gasteiger partial charge in [-0.15, -0.1) is 0 Å². The van der Waals surface area contributed by atoms with Crippen LogP contribution in [0.3, 0.4) is 0 Å². The number of esters is 1. The van der Waals surface area contributed by atoms with Crippen LogP contribution in [0.25, 0.3) is 0 Å². The highest BCUT2D eigenvalue weighted by Gasteiger charge is 2.11. The Kier molecular flexibility index (Phi) is 5.99. The third-order valence-corrected chi connectivity index (χ3v) is 2.74. The van der Waals surface area contributed by atoms with Gasteiger partial charge in [0, 0.05) is 6.42 Å². The molecule has 0 saturated heterocycles. The number of hydrogen-bond donors (Lipinski definition) is 2. The number of phenolic OH excluding ortho intramolecular Hbond substituents is 1. The van der Waals surface area contributed by atoms with Crippen LogP contribution in [0.4, 0.5) is 0 Å². The summed E-state index contributed by atoms with van der Waals surface area (Å²) in [6, 6.07) is 4.33. The van der Waals surface area contributed by atoms with Crippen molar-refractivity contribution in [2.45, 2.75) is 19.3 Å². The van der Waals surface area contributed by atoms with E-state index in [1.807, 2.05) is 0 Å². The molecule has 2 N–H and O–H groups in total. The molecule has 0 saturated carbocycles. The average Bonchev–Trinajstić information content (AvgIpc) is 2.40. The molecule has 20 heavy (non-hydrogen) atoms. The number of carbonyl (C=O) groups excluding carboxylic acids is 3. The van der Waals surface area contributed by atoms with Gasteiger partial charge < -0.3 is 9.84 Å². The fourth-order valence-corrected chi connectivity index (χ4v) is 1.63. The lowest BCUT2D eigenvalue weighted by Gasteiger charge is -2.05. The molecule has 108 valence electrons. The topological polar surface area (TPSA) is 92.7 Å². The first-order chi connectivity index (χ1) is 9.42. The first-order valence-electron chi connectivity index (χ1n) is 5.79. The summed E-state index contributed by atoms with van der Waals surface area (Å²) in [5.74, 6) is -1.66. The number of rotatable bonds is 5. The standard InChI is InChI=1S/C13H14ClNO5/c1-20-13(19)5-4-11(17)15-12(18)7-8-2-3-10(16)9(14)6-8/h2-3,6,16H,4-5,7H2,1H3,(H,15,17,18). The number of phenols is 1. The predicted molar refractivity (Wildman–Crippen MR) is 71.2 cm³/mol. The number of benzene rings is 1. The quantitative estimate of drug-likeness (QED) is 0.797. The van der Waals surface area contributed by atoms with Gasteiger partial charge >= 0.3 is 5.97 Å². The summed E-state index contributed by atoms with van der Waals surface area (Å²) in [5, 5.41) is 11.5. The van der Waals surface area contributed by atoms with Crippen LogP contribution in [0.1, 0.15) is 18.4 Å². The summed E-state index contributed by atoms with van der Waals surface area (Å²) >= 11 is 5.70. The molecule has 0 radical (unpaired) electrons. The zero-order chi connectivity index (χ0) is 15.1. The van der Waals surface area contributed by atoms with Crippen LogP contribution in [-0.2, 0) is 25.5 Å². The molecule has 1 aromatic rings. The maximum absolute atomic E-state index is 11.6. The van der Waals surface area contributed by atoms with Crippen LogP contribution in [-0.4, -0.2) is 30.0 Å². The minimum atomic E-state index is -0.551. The third kappa shape index (κ3) is 5.27.